The van der Waals surface area contributed by atoms with Crippen molar-refractivity contribution < 1.29 is 27.6 Å². The molecule has 0 heterocycles. The van der Waals surface area contributed by atoms with E-state index in [1.54, 1.807) is 0 Å². The van der Waals surface area contributed by atoms with Gasteiger partial charge in [0.05, 0.1) is 5.56 Å². The molecule has 0 unspecified atom stereocenters. The molecule has 2 N–H and O–H groups in total. The molecule has 0 aliphatic rings. The van der Waals surface area contributed by atoms with Crippen molar-refractivity contribution in [2.24, 2.45) is 0 Å². The molecule has 0 aromatic heterocycles. The SMILES string of the molecule is OB(O)c1cc(CF)cc(C(F)(F)F)c1. The average Bonchev–Trinajstić information content (AvgIpc) is 2.15. The summed E-state index contributed by atoms with van der Waals surface area (Å²) in [6.07, 6.45) is -4.63. The summed E-state index contributed by atoms with van der Waals surface area (Å²) in [6, 6.07) is 2.18. The Morgan fingerprint density at radius 3 is 2.13 bits per heavy atom. The van der Waals surface area contributed by atoms with Crippen LogP contribution in [0.2, 0.25) is 0 Å². The van der Waals surface area contributed by atoms with Gasteiger partial charge < -0.3 is 10.0 Å². The van der Waals surface area contributed by atoms with Gasteiger partial charge in [-0.3, -0.25) is 0 Å². The summed E-state index contributed by atoms with van der Waals surface area (Å²) in [7, 11) is -2.04. The quantitative estimate of drug-likeness (QED) is 0.575. The molecule has 1 rings (SSSR count). The van der Waals surface area contributed by atoms with E-state index in [2.05, 4.69) is 0 Å². The summed E-state index contributed by atoms with van der Waals surface area (Å²) in [6.45, 7) is -1.09. The molecule has 1 aromatic carbocycles. The van der Waals surface area contributed by atoms with Crippen molar-refractivity contribution in [3.8, 4) is 0 Å². The van der Waals surface area contributed by atoms with Crippen LogP contribution in [0, 0.1) is 0 Å². The molecule has 0 amide bonds. The van der Waals surface area contributed by atoms with Crippen molar-refractivity contribution >= 4 is 12.6 Å². The molecule has 82 valence electrons. The smallest absolute Gasteiger partial charge is 0.423 e. The maximum atomic E-state index is 12.3. The van der Waals surface area contributed by atoms with E-state index in [9.17, 15) is 17.6 Å². The Labute approximate surface area is 83.3 Å². The summed E-state index contributed by atoms with van der Waals surface area (Å²) in [4.78, 5) is 0. The zero-order valence-electron chi connectivity index (χ0n) is 7.42. The van der Waals surface area contributed by atoms with Crippen LogP contribution in [0.4, 0.5) is 17.6 Å². The molecular weight excluding hydrogens is 215 g/mol. The first-order valence-corrected chi connectivity index (χ1v) is 3.97. The van der Waals surface area contributed by atoms with Crippen LogP contribution >= 0.6 is 0 Å². The van der Waals surface area contributed by atoms with Gasteiger partial charge in [-0.2, -0.15) is 13.2 Å². The van der Waals surface area contributed by atoms with Crippen LogP contribution in [0.15, 0.2) is 18.2 Å². The third-order valence-electron chi connectivity index (χ3n) is 1.79. The Morgan fingerprint density at radius 1 is 1.13 bits per heavy atom. The Morgan fingerprint density at radius 2 is 1.73 bits per heavy atom. The van der Waals surface area contributed by atoms with E-state index < -0.39 is 25.5 Å². The average molecular weight is 222 g/mol. The topological polar surface area (TPSA) is 40.5 Å². The maximum Gasteiger partial charge on any atom is 0.488 e. The minimum Gasteiger partial charge on any atom is -0.423 e. The lowest BCUT2D eigenvalue weighted by molar-refractivity contribution is -0.137. The Kier molecular flexibility index (Phi) is 3.36. The Balaban J connectivity index is 3.23. The highest BCUT2D eigenvalue weighted by Crippen LogP contribution is 2.29. The molecule has 0 saturated carbocycles. The van der Waals surface area contributed by atoms with Gasteiger partial charge in [0.2, 0.25) is 0 Å². The van der Waals surface area contributed by atoms with Crippen LogP contribution in [0.5, 0.6) is 0 Å². The van der Waals surface area contributed by atoms with Gasteiger partial charge in [0.1, 0.15) is 6.67 Å². The zero-order chi connectivity index (χ0) is 11.6. The van der Waals surface area contributed by atoms with E-state index in [-0.39, 0.29) is 11.0 Å². The predicted molar refractivity (Wildman–Crippen MR) is 46.1 cm³/mol. The number of hydrogen-bond acceptors (Lipinski definition) is 2. The van der Waals surface area contributed by atoms with Crippen molar-refractivity contribution in [3.05, 3.63) is 29.3 Å². The van der Waals surface area contributed by atoms with Gasteiger partial charge in [0, 0.05) is 0 Å². The molecule has 0 radical (unpaired) electrons. The summed E-state index contributed by atoms with van der Waals surface area (Å²) >= 11 is 0. The monoisotopic (exact) mass is 222 g/mol. The third kappa shape index (κ3) is 2.94. The Hall–Kier alpha value is -1.08. The van der Waals surface area contributed by atoms with Gasteiger partial charge in [-0.25, -0.2) is 4.39 Å². The fourth-order valence-electron chi connectivity index (χ4n) is 1.11. The lowest BCUT2D eigenvalue weighted by Gasteiger charge is -2.10. The van der Waals surface area contributed by atoms with Crippen LogP contribution in [0.25, 0.3) is 0 Å². The van der Waals surface area contributed by atoms with Gasteiger partial charge in [-0.15, -0.1) is 0 Å². The molecule has 15 heavy (non-hydrogen) atoms. The second-order valence-electron chi connectivity index (χ2n) is 2.97. The molecule has 2 nitrogen and oxygen atoms in total. The number of alkyl halides is 4. The van der Waals surface area contributed by atoms with Gasteiger partial charge in [0.25, 0.3) is 0 Å². The van der Waals surface area contributed by atoms with Crippen LogP contribution in [0.1, 0.15) is 11.1 Å². The lowest BCUT2D eigenvalue weighted by Crippen LogP contribution is -2.31. The normalized spacial score (nSPS) is 11.6. The largest absolute Gasteiger partial charge is 0.488 e. The van der Waals surface area contributed by atoms with Gasteiger partial charge in [0.15, 0.2) is 0 Å². The molecule has 0 fully saturated rings. The van der Waals surface area contributed by atoms with E-state index >= 15 is 0 Å². The summed E-state index contributed by atoms with van der Waals surface area (Å²) in [5.74, 6) is 0. The molecular formula is C8H7BF4O2. The molecule has 0 atom stereocenters. The fourth-order valence-corrected chi connectivity index (χ4v) is 1.11. The first-order valence-electron chi connectivity index (χ1n) is 3.97. The van der Waals surface area contributed by atoms with E-state index in [0.717, 1.165) is 6.07 Å². The number of benzene rings is 1. The van der Waals surface area contributed by atoms with E-state index in [0.29, 0.717) is 12.1 Å². The van der Waals surface area contributed by atoms with Gasteiger partial charge in [-0.05, 0) is 17.1 Å². The molecule has 0 spiro atoms. The Bertz CT molecular complexity index is 351. The lowest BCUT2D eigenvalue weighted by atomic mass is 9.78. The van der Waals surface area contributed by atoms with Gasteiger partial charge >= 0.3 is 13.3 Å². The van der Waals surface area contributed by atoms with Crippen molar-refractivity contribution in [1.82, 2.24) is 0 Å². The van der Waals surface area contributed by atoms with Crippen molar-refractivity contribution in [2.75, 3.05) is 0 Å². The second kappa shape index (κ2) is 4.20. The molecule has 7 heteroatoms. The first kappa shape index (κ1) is 12.0. The van der Waals surface area contributed by atoms with Crippen molar-refractivity contribution in [2.45, 2.75) is 12.9 Å². The zero-order valence-corrected chi connectivity index (χ0v) is 7.42. The number of halogens is 4. The summed E-state index contributed by atoms with van der Waals surface area (Å²) < 4.78 is 49.0. The minimum absolute atomic E-state index is 0.243. The molecule has 0 saturated heterocycles. The van der Waals surface area contributed by atoms with Crippen LogP contribution < -0.4 is 5.46 Å². The maximum absolute atomic E-state index is 12.3. The van der Waals surface area contributed by atoms with Crippen molar-refractivity contribution in [3.63, 3.8) is 0 Å². The van der Waals surface area contributed by atoms with Crippen LogP contribution in [0.3, 0.4) is 0 Å². The van der Waals surface area contributed by atoms with E-state index in [1.807, 2.05) is 0 Å². The molecule has 0 aliphatic carbocycles. The number of hydrogen-bond donors (Lipinski definition) is 2. The second-order valence-corrected chi connectivity index (χ2v) is 2.97. The molecule has 1 aromatic rings. The van der Waals surface area contributed by atoms with Crippen LogP contribution in [-0.2, 0) is 12.9 Å². The number of rotatable bonds is 2. The highest BCUT2D eigenvalue weighted by atomic mass is 19.4. The highest BCUT2D eigenvalue weighted by molar-refractivity contribution is 6.58. The highest BCUT2D eigenvalue weighted by Gasteiger charge is 2.32. The molecule has 0 bridgehead atoms. The van der Waals surface area contributed by atoms with E-state index in [1.165, 1.54) is 0 Å². The van der Waals surface area contributed by atoms with Gasteiger partial charge in [-0.1, -0.05) is 12.1 Å². The standard InChI is InChI=1S/C8H7BF4O2/c10-4-5-1-6(8(11,12)13)3-7(2-5)9(14)15/h1-3,14-15H,4H2. The first-order chi connectivity index (χ1) is 6.84. The third-order valence-corrected chi connectivity index (χ3v) is 1.79. The summed E-state index contributed by atoms with van der Waals surface area (Å²) in [5, 5.41) is 17.4. The minimum atomic E-state index is -4.63. The predicted octanol–water partition coefficient (Wildman–Crippen LogP) is 0.855. The van der Waals surface area contributed by atoms with Crippen LogP contribution in [-0.4, -0.2) is 17.2 Å². The summed E-state index contributed by atoms with van der Waals surface area (Å²) in [5.41, 5.74) is -1.72. The molecule has 0 aliphatic heterocycles. The van der Waals surface area contributed by atoms with Crippen molar-refractivity contribution in [1.29, 1.82) is 0 Å². The van der Waals surface area contributed by atoms with E-state index in [4.69, 9.17) is 10.0 Å². The fraction of sp³-hybridized carbons (Fsp3) is 0.250.